The van der Waals surface area contributed by atoms with Gasteiger partial charge < -0.3 is 9.88 Å². The zero-order valence-electron chi connectivity index (χ0n) is 12.6. The Kier molecular flexibility index (Phi) is 4.31. The number of fused-ring (bicyclic) bond motifs is 1. The van der Waals surface area contributed by atoms with E-state index < -0.39 is 0 Å². The molecule has 0 saturated heterocycles. The van der Waals surface area contributed by atoms with E-state index in [0.29, 0.717) is 5.92 Å². The van der Waals surface area contributed by atoms with Crippen molar-refractivity contribution in [3.05, 3.63) is 34.6 Å². The van der Waals surface area contributed by atoms with Crippen molar-refractivity contribution in [3.63, 3.8) is 0 Å². The molecule has 3 heterocycles. The summed E-state index contributed by atoms with van der Waals surface area (Å²) in [5.74, 6) is 1.88. The molecule has 2 aromatic heterocycles. The quantitative estimate of drug-likeness (QED) is 0.921. The van der Waals surface area contributed by atoms with Crippen molar-refractivity contribution in [2.45, 2.75) is 39.3 Å². The third kappa shape index (κ3) is 2.99. The third-order valence-corrected chi connectivity index (χ3v) is 4.73. The minimum absolute atomic E-state index is 0.659. The minimum atomic E-state index is 0.659. The Labute approximate surface area is 130 Å². The summed E-state index contributed by atoms with van der Waals surface area (Å²) >= 11 is 6.31. The highest BCUT2D eigenvalue weighted by atomic mass is 35.5. The van der Waals surface area contributed by atoms with Gasteiger partial charge in [-0.25, -0.2) is 4.98 Å². The van der Waals surface area contributed by atoms with Gasteiger partial charge in [-0.1, -0.05) is 18.5 Å². The number of nitrogens with one attached hydrogen (secondary N) is 1. The molecule has 0 radical (unpaired) electrons. The maximum absolute atomic E-state index is 6.31. The van der Waals surface area contributed by atoms with Crippen LogP contribution in [-0.2, 0) is 33.0 Å². The first-order valence-corrected chi connectivity index (χ1v) is 7.97. The Morgan fingerprint density at radius 1 is 1.48 bits per heavy atom. The Hall–Kier alpha value is -1.33. The number of hydrogen-bond acceptors (Lipinski definition) is 3. The van der Waals surface area contributed by atoms with Crippen molar-refractivity contribution in [1.82, 2.24) is 24.6 Å². The molecule has 0 fully saturated rings. The Morgan fingerprint density at radius 2 is 2.33 bits per heavy atom. The SMILES string of the molecule is CCc1nn(C)c(Cl)c1CNC[C@H]1CCc2nccn2C1. The van der Waals surface area contributed by atoms with E-state index in [1.807, 2.05) is 13.2 Å². The van der Waals surface area contributed by atoms with E-state index in [-0.39, 0.29) is 0 Å². The van der Waals surface area contributed by atoms with Crippen LogP contribution < -0.4 is 5.32 Å². The molecule has 5 nitrogen and oxygen atoms in total. The number of rotatable bonds is 5. The van der Waals surface area contributed by atoms with Crippen LogP contribution in [0.2, 0.25) is 5.15 Å². The molecule has 0 unspecified atom stereocenters. The average molecular weight is 308 g/mol. The molecule has 0 aliphatic carbocycles. The van der Waals surface area contributed by atoms with Crippen LogP contribution in [0.15, 0.2) is 12.4 Å². The maximum atomic E-state index is 6.31. The number of halogens is 1. The fraction of sp³-hybridized carbons (Fsp3) is 0.600. The van der Waals surface area contributed by atoms with Gasteiger partial charge in [0.1, 0.15) is 11.0 Å². The van der Waals surface area contributed by atoms with Gasteiger partial charge in [-0.15, -0.1) is 0 Å². The molecule has 2 aromatic rings. The van der Waals surface area contributed by atoms with Crippen LogP contribution in [0.4, 0.5) is 0 Å². The van der Waals surface area contributed by atoms with Crippen molar-refractivity contribution < 1.29 is 0 Å². The van der Waals surface area contributed by atoms with E-state index in [1.165, 1.54) is 12.2 Å². The molecule has 0 spiro atoms. The largest absolute Gasteiger partial charge is 0.335 e. The van der Waals surface area contributed by atoms with E-state index in [9.17, 15) is 0 Å². The van der Waals surface area contributed by atoms with Crippen molar-refractivity contribution in [2.75, 3.05) is 6.54 Å². The van der Waals surface area contributed by atoms with Gasteiger partial charge in [0.25, 0.3) is 0 Å². The Balaban J connectivity index is 1.55. The number of nitrogens with zero attached hydrogens (tertiary/aromatic N) is 4. The standard InChI is InChI=1S/C15H22ClN5/c1-3-13-12(15(16)20(2)19-13)9-17-8-11-4-5-14-18-6-7-21(14)10-11/h6-7,11,17H,3-5,8-10H2,1-2H3/t11-/m1/s1. The first kappa shape index (κ1) is 14.6. The molecule has 0 aromatic carbocycles. The van der Waals surface area contributed by atoms with Gasteiger partial charge in [0.15, 0.2) is 0 Å². The molecule has 0 amide bonds. The van der Waals surface area contributed by atoms with Gasteiger partial charge in [-0.2, -0.15) is 5.10 Å². The fourth-order valence-electron chi connectivity index (χ4n) is 3.06. The van der Waals surface area contributed by atoms with Gasteiger partial charge in [0, 0.05) is 44.5 Å². The molecule has 3 rings (SSSR count). The second kappa shape index (κ2) is 6.20. The van der Waals surface area contributed by atoms with Crippen LogP contribution in [0, 0.1) is 5.92 Å². The second-order valence-corrected chi connectivity index (χ2v) is 6.08. The van der Waals surface area contributed by atoms with Crippen LogP contribution >= 0.6 is 11.6 Å². The first-order chi connectivity index (χ1) is 10.2. The Bertz CT molecular complexity index is 616. The van der Waals surface area contributed by atoms with Gasteiger partial charge >= 0.3 is 0 Å². The highest BCUT2D eigenvalue weighted by Gasteiger charge is 2.19. The predicted octanol–water partition coefficient (Wildman–Crippen LogP) is 2.18. The lowest BCUT2D eigenvalue weighted by Gasteiger charge is -2.24. The summed E-state index contributed by atoms with van der Waals surface area (Å²) < 4.78 is 4.03. The lowest BCUT2D eigenvalue weighted by atomic mass is 9.99. The number of hydrogen-bond donors (Lipinski definition) is 1. The van der Waals surface area contributed by atoms with Crippen molar-refractivity contribution in [2.24, 2.45) is 13.0 Å². The molecule has 1 N–H and O–H groups in total. The smallest absolute Gasteiger partial charge is 0.131 e. The second-order valence-electron chi connectivity index (χ2n) is 5.72. The molecule has 0 saturated carbocycles. The molecule has 6 heteroatoms. The van der Waals surface area contributed by atoms with Crippen molar-refractivity contribution in [1.29, 1.82) is 0 Å². The normalized spacial score (nSPS) is 18.0. The summed E-state index contributed by atoms with van der Waals surface area (Å²) in [5, 5.41) is 8.75. The van der Waals surface area contributed by atoms with E-state index in [4.69, 9.17) is 11.6 Å². The summed E-state index contributed by atoms with van der Waals surface area (Å²) in [6.07, 6.45) is 7.17. The van der Waals surface area contributed by atoms with Crippen LogP contribution in [0.5, 0.6) is 0 Å². The predicted molar refractivity (Wildman–Crippen MR) is 83.3 cm³/mol. The molecule has 21 heavy (non-hydrogen) atoms. The summed E-state index contributed by atoms with van der Waals surface area (Å²) in [7, 11) is 1.90. The minimum Gasteiger partial charge on any atom is -0.335 e. The van der Waals surface area contributed by atoms with Gasteiger partial charge in [-0.3, -0.25) is 4.68 Å². The summed E-state index contributed by atoms with van der Waals surface area (Å²) in [5.41, 5.74) is 2.23. The topological polar surface area (TPSA) is 47.7 Å². The number of aromatic nitrogens is 4. The van der Waals surface area contributed by atoms with Gasteiger partial charge in [0.05, 0.1) is 5.69 Å². The highest BCUT2D eigenvalue weighted by molar-refractivity contribution is 6.30. The average Bonchev–Trinajstić information content (AvgIpc) is 3.05. The van der Waals surface area contributed by atoms with Crippen molar-refractivity contribution in [3.8, 4) is 0 Å². The molecular formula is C15H22ClN5. The van der Waals surface area contributed by atoms with Crippen LogP contribution in [0.1, 0.15) is 30.4 Å². The Morgan fingerprint density at radius 3 is 3.14 bits per heavy atom. The summed E-state index contributed by atoms with van der Waals surface area (Å²) in [4.78, 5) is 4.37. The van der Waals surface area contributed by atoms with Crippen LogP contribution in [0.25, 0.3) is 0 Å². The first-order valence-electron chi connectivity index (χ1n) is 7.60. The molecule has 1 aliphatic heterocycles. The number of aryl methyl sites for hydroxylation is 3. The molecule has 1 aliphatic rings. The lowest BCUT2D eigenvalue weighted by Crippen LogP contribution is -2.29. The zero-order valence-corrected chi connectivity index (χ0v) is 13.4. The van der Waals surface area contributed by atoms with Gasteiger partial charge in [-0.05, 0) is 25.3 Å². The van der Waals surface area contributed by atoms with Crippen molar-refractivity contribution >= 4 is 11.6 Å². The molecule has 114 valence electrons. The van der Waals surface area contributed by atoms with E-state index in [2.05, 4.69) is 33.1 Å². The maximum Gasteiger partial charge on any atom is 0.131 e. The van der Waals surface area contributed by atoms with E-state index >= 15 is 0 Å². The number of imidazole rings is 1. The van der Waals surface area contributed by atoms with Crippen LogP contribution in [0.3, 0.4) is 0 Å². The van der Waals surface area contributed by atoms with Crippen LogP contribution in [-0.4, -0.2) is 25.9 Å². The summed E-state index contributed by atoms with van der Waals surface area (Å²) in [6.45, 7) is 4.97. The van der Waals surface area contributed by atoms with E-state index in [0.717, 1.165) is 48.9 Å². The van der Waals surface area contributed by atoms with Gasteiger partial charge in [0.2, 0.25) is 0 Å². The molecule has 0 bridgehead atoms. The molecule has 1 atom stereocenters. The third-order valence-electron chi connectivity index (χ3n) is 4.25. The summed E-state index contributed by atoms with van der Waals surface area (Å²) in [6, 6.07) is 0. The monoisotopic (exact) mass is 307 g/mol. The van der Waals surface area contributed by atoms with E-state index in [1.54, 1.807) is 4.68 Å². The highest BCUT2D eigenvalue weighted by Crippen LogP contribution is 2.21. The lowest BCUT2D eigenvalue weighted by molar-refractivity contribution is 0.347. The molecular weight excluding hydrogens is 286 g/mol. The zero-order chi connectivity index (χ0) is 14.8. The fourth-order valence-corrected chi connectivity index (χ4v) is 3.28.